The van der Waals surface area contributed by atoms with Crippen molar-refractivity contribution in [2.24, 2.45) is 5.92 Å². The number of aromatic amines is 1. The first kappa shape index (κ1) is 26.9. The average Bonchev–Trinajstić information content (AvgIpc) is 3.57. The number of carbonyl (C=O) groups is 2. The highest BCUT2D eigenvalue weighted by molar-refractivity contribution is 6.09. The minimum atomic E-state index is -2.69. The van der Waals surface area contributed by atoms with Gasteiger partial charge >= 0.3 is 0 Å². The van der Waals surface area contributed by atoms with Crippen molar-refractivity contribution in [3.8, 4) is 17.0 Å². The van der Waals surface area contributed by atoms with Crippen LogP contribution in [0.5, 0.6) is 5.75 Å². The number of H-pyrrole nitrogens is 1. The van der Waals surface area contributed by atoms with Gasteiger partial charge in [0.15, 0.2) is 0 Å². The second kappa shape index (κ2) is 11.2. The molecule has 0 unspecified atom stereocenters. The molecule has 0 aliphatic heterocycles. The van der Waals surface area contributed by atoms with Crippen molar-refractivity contribution in [2.45, 2.75) is 57.3 Å². The quantitative estimate of drug-likeness (QED) is 0.354. The lowest BCUT2D eigenvalue weighted by atomic mass is 10.0. The molecule has 2 saturated carbocycles. The van der Waals surface area contributed by atoms with Gasteiger partial charge in [0.1, 0.15) is 36.1 Å². The van der Waals surface area contributed by atoms with E-state index in [0.29, 0.717) is 40.7 Å². The molecule has 1 aromatic carbocycles. The molecule has 2 aromatic heterocycles. The van der Waals surface area contributed by atoms with E-state index in [0.717, 1.165) is 12.8 Å². The largest absolute Gasteiger partial charge is 0.493 e. The Morgan fingerprint density at radius 2 is 1.97 bits per heavy atom. The first-order valence-corrected chi connectivity index (χ1v) is 12.9. The molecular formula is C27H30F3N5O4. The summed E-state index contributed by atoms with van der Waals surface area (Å²) in [5.41, 5.74) is 1.84. The Bertz CT molecular complexity index is 1380. The number of aryl methyl sites for hydroxylation is 1. The zero-order chi connectivity index (χ0) is 27.7. The average molecular weight is 546 g/mol. The van der Waals surface area contributed by atoms with Gasteiger partial charge in [-0.1, -0.05) is 0 Å². The number of hydrogen-bond acceptors (Lipinski definition) is 6. The molecule has 9 nitrogen and oxygen atoms in total. The molecule has 3 atom stereocenters. The number of rotatable bonds is 10. The minimum absolute atomic E-state index is 0.0731. The van der Waals surface area contributed by atoms with Crippen LogP contribution in [0, 0.1) is 12.8 Å². The Labute approximate surface area is 222 Å². The zero-order valence-electron chi connectivity index (χ0n) is 21.6. The van der Waals surface area contributed by atoms with Crippen LogP contribution in [0.2, 0.25) is 0 Å². The number of ether oxygens (including phenoxy) is 2. The van der Waals surface area contributed by atoms with Crippen LogP contribution in [0.4, 0.5) is 13.2 Å². The molecule has 208 valence electrons. The van der Waals surface area contributed by atoms with E-state index in [1.165, 1.54) is 31.6 Å². The summed E-state index contributed by atoms with van der Waals surface area (Å²) in [7, 11) is 1.39. The number of halogens is 3. The van der Waals surface area contributed by atoms with E-state index in [9.17, 15) is 22.8 Å². The highest BCUT2D eigenvalue weighted by Gasteiger charge is 2.37. The van der Waals surface area contributed by atoms with Gasteiger partial charge in [0.25, 0.3) is 12.3 Å². The Hall–Kier alpha value is -3.67. The number of amides is 2. The van der Waals surface area contributed by atoms with E-state index < -0.39 is 30.6 Å². The first-order valence-electron chi connectivity index (χ1n) is 12.9. The van der Waals surface area contributed by atoms with Gasteiger partial charge in [-0.25, -0.2) is 23.1 Å². The number of nitrogens with one attached hydrogen (secondary N) is 3. The molecule has 0 radical (unpaired) electrons. The monoisotopic (exact) mass is 545 g/mol. The molecule has 2 aliphatic carbocycles. The van der Waals surface area contributed by atoms with Crippen LogP contribution in [0.25, 0.3) is 22.3 Å². The summed E-state index contributed by atoms with van der Waals surface area (Å²) in [6.07, 6.45) is -0.338. The Balaban J connectivity index is 1.42. The van der Waals surface area contributed by atoms with Crippen molar-refractivity contribution in [3.63, 3.8) is 0 Å². The second-order valence-electron chi connectivity index (χ2n) is 10.1. The van der Waals surface area contributed by atoms with Crippen molar-refractivity contribution in [3.05, 3.63) is 41.3 Å². The lowest BCUT2D eigenvalue weighted by Gasteiger charge is -2.15. The second-order valence-corrected chi connectivity index (χ2v) is 10.1. The van der Waals surface area contributed by atoms with Crippen molar-refractivity contribution in [1.29, 1.82) is 0 Å². The third kappa shape index (κ3) is 5.85. The first-order chi connectivity index (χ1) is 18.7. The summed E-state index contributed by atoms with van der Waals surface area (Å²) >= 11 is 0. The van der Waals surface area contributed by atoms with Crippen molar-refractivity contribution < 1.29 is 32.2 Å². The lowest BCUT2D eigenvalue weighted by molar-refractivity contribution is -0.125. The van der Waals surface area contributed by atoms with Crippen LogP contribution in [-0.4, -0.2) is 65.3 Å². The van der Waals surface area contributed by atoms with Gasteiger partial charge in [-0.3, -0.25) is 9.59 Å². The summed E-state index contributed by atoms with van der Waals surface area (Å²) in [4.78, 5) is 36.9. The van der Waals surface area contributed by atoms with Gasteiger partial charge in [-0.15, -0.1) is 0 Å². The smallest absolute Gasteiger partial charge is 0.263 e. The highest BCUT2D eigenvalue weighted by Crippen LogP contribution is 2.38. The van der Waals surface area contributed by atoms with Crippen LogP contribution in [0.1, 0.15) is 53.7 Å². The third-order valence-electron chi connectivity index (χ3n) is 7.12. The zero-order valence-corrected chi connectivity index (χ0v) is 21.6. The molecular weight excluding hydrogens is 515 g/mol. The number of alkyl halides is 3. The van der Waals surface area contributed by atoms with E-state index in [4.69, 9.17) is 9.47 Å². The molecule has 0 bridgehead atoms. The SMILES string of the molecule is COCC(=O)N[C@@H]1C[C@@H](F)[C@H](NC(=O)c2c(C)[nH]c3c(-c4cc(C(F)F)ccc4OCC4CC4)ncnc23)C1. The molecule has 5 rings (SSSR count). The topological polar surface area (TPSA) is 118 Å². The molecule has 2 aliphatic rings. The summed E-state index contributed by atoms with van der Waals surface area (Å²) in [5, 5.41) is 5.44. The summed E-state index contributed by atoms with van der Waals surface area (Å²) in [5.74, 6) is -0.0255. The molecule has 3 aromatic rings. The number of methoxy groups -OCH3 is 1. The van der Waals surface area contributed by atoms with Crippen LogP contribution >= 0.6 is 0 Å². The summed E-state index contributed by atoms with van der Waals surface area (Å²) < 4.78 is 52.7. The molecule has 2 heterocycles. The van der Waals surface area contributed by atoms with Gasteiger partial charge in [0.05, 0.1) is 23.7 Å². The third-order valence-corrected chi connectivity index (χ3v) is 7.12. The van der Waals surface area contributed by atoms with E-state index in [-0.39, 0.29) is 42.0 Å². The van der Waals surface area contributed by atoms with E-state index >= 15 is 0 Å². The predicted molar refractivity (Wildman–Crippen MR) is 136 cm³/mol. The van der Waals surface area contributed by atoms with Crippen LogP contribution in [0.15, 0.2) is 24.5 Å². The Morgan fingerprint density at radius 3 is 2.69 bits per heavy atom. The fraction of sp³-hybridized carbons (Fsp3) is 0.481. The van der Waals surface area contributed by atoms with Crippen LogP contribution in [-0.2, 0) is 9.53 Å². The highest BCUT2D eigenvalue weighted by atomic mass is 19.3. The van der Waals surface area contributed by atoms with Gasteiger partial charge in [0, 0.05) is 36.4 Å². The molecule has 3 N–H and O–H groups in total. The summed E-state index contributed by atoms with van der Waals surface area (Å²) in [6.45, 7) is 2.02. The molecule has 0 saturated heterocycles. The maximum atomic E-state index is 14.8. The number of benzene rings is 1. The number of nitrogens with zero attached hydrogens (tertiary/aromatic N) is 2. The van der Waals surface area contributed by atoms with E-state index in [1.807, 2.05) is 0 Å². The fourth-order valence-corrected chi connectivity index (χ4v) is 4.98. The fourth-order valence-electron chi connectivity index (χ4n) is 4.98. The van der Waals surface area contributed by atoms with Crippen molar-refractivity contribution in [1.82, 2.24) is 25.6 Å². The number of aromatic nitrogens is 3. The predicted octanol–water partition coefficient (Wildman–Crippen LogP) is 4.02. The van der Waals surface area contributed by atoms with Gasteiger partial charge in [-0.05, 0) is 50.3 Å². The van der Waals surface area contributed by atoms with Gasteiger partial charge < -0.3 is 25.1 Å². The standard InChI is InChI=1S/C27H30F3N5O4/c1-13-22(27(37)35-19-9-16(8-18(19)28)34-21(36)11-38-2)24-25(33-13)23(31-12-32-24)17-7-15(26(29)30)5-6-20(17)39-10-14-3-4-14/h5-7,12,14,16,18-19,26,33H,3-4,8-11H2,1-2H3,(H,34,36)(H,35,37)/t16-,18-,19-/m1/s1. The molecule has 0 spiro atoms. The molecule has 2 amide bonds. The molecule has 12 heteroatoms. The molecule has 39 heavy (non-hydrogen) atoms. The number of carbonyl (C=O) groups excluding carboxylic acids is 2. The number of hydrogen-bond donors (Lipinski definition) is 3. The van der Waals surface area contributed by atoms with Crippen LogP contribution in [0.3, 0.4) is 0 Å². The van der Waals surface area contributed by atoms with Crippen molar-refractivity contribution >= 4 is 22.8 Å². The Morgan fingerprint density at radius 1 is 1.18 bits per heavy atom. The lowest BCUT2D eigenvalue weighted by Crippen LogP contribution is -2.40. The van der Waals surface area contributed by atoms with E-state index in [1.54, 1.807) is 6.92 Å². The molecule has 2 fully saturated rings. The normalized spacial score (nSPS) is 20.9. The van der Waals surface area contributed by atoms with Gasteiger partial charge in [0.2, 0.25) is 5.91 Å². The Kier molecular flexibility index (Phi) is 7.74. The minimum Gasteiger partial charge on any atom is -0.493 e. The van der Waals surface area contributed by atoms with Crippen LogP contribution < -0.4 is 15.4 Å². The maximum absolute atomic E-state index is 14.8. The maximum Gasteiger partial charge on any atom is 0.263 e. The van der Waals surface area contributed by atoms with E-state index in [2.05, 4.69) is 25.6 Å². The summed E-state index contributed by atoms with van der Waals surface area (Å²) in [6, 6.07) is 2.95. The van der Waals surface area contributed by atoms with Crippen molar-refractivity contribution in [2.75, 3.05) is 20.3 Å². The number of fused-ring (bicyclic) bond motifs is 1. The van der Waals surface area contributed by atoms with Gasteiger partial charge in [-0.2, -0.15) is 0 Å².